The number of carbonyl (C=O) groups excluding carboxylic acids is 1. The van der Waals surface area contributed by atoms with Crippen molar-refractivity contribution in [1.82, 2.24) is 5.32 Å². The number of aliphatic imine (C=N–C) groups is 1. The van der Waals surface area contributed by atoms with Crippen LogP contribution in [0.15, 0.2) is 52.8 Å². The Labute approximate surface area is 167 Å². The number of ether oxygens (including phenoxy) is 2. The fraction of sp³-hybridized carbons (Fsp3) is 0.455. The highest BCUT2D eigenvalue weighted by atomic mass is 16.5. The third-order valence-electron chi connectivity index (χ3n) is 4.82. The summed E-state index contributed by atoms with van der Waals surface area (Å²) in [7, 11) is 0. The Balaban J connectivity index is 1.97. The summed E-state index contributed by atoms with van der Waals surface area (Å²) < 4.78 is 11.3. The van der Waals surface area contributed by atoms with Gasteiger partial charge in [0, 0.05) is 17.8 Å². The first kappa shape index (κ1) is 21.7. The van der Waals surface area contributed by atoms with E-state index in [9.17, 15) is 4.79 Å². The van der Waals surface area contributed by atoms with Crippen LogP contribution in [0.25, 0.3) is 0 Å². The van der Waals surface area contributed by atoms with Crippen molar-refractivity contribution in [3.63, 3.8) is 0 Å². The van der Waals surface area contributed by atoms with Crippen LogP contribution in [0, 0.1) is 6.92 Å². The van der Waals surface area contributed by atoms with E-state index < -0.39 is 5.97 Å². The number of benzene rings is 1. The van der Waals surface area contributed by atoms with Gasteiger partial charge in [0.1, 0.15) is 0 Å². The molecule has 152 valence electrons. The summed E-state index contributed by atoms with van der Waals surface area (Å²) >= 11 is 0. The highest BCUT2D eigenvalue weighted by Crippen LogP contribution is 2.31. The van der Waals surface area contributed by atoms with Crippen LogP contribution in [0.1, 0.15) is 50.3 Å². The molecule has 2 rings (SSSR count). The number of hydrogen-bond donors (Lipinski definition) is 2. The van der Waals surface area contributed by atoms with E-state index in [1.165, 1.54) is 11.1 Å². The van der Waals surface area contributed by atoms with E-state index >= 15 is 0 Å². The number of hydrogen-bond acceptors (Lipinski definition) is 5. The molecule has 0 radical (unpaired) electrons. The Morgan fingerprint density at radius 3 is 2.75 bits per heavy atom. The van der Waals surface area contributed by atoms with Gasteiger partial charge in [0.05, 0.1) is 25.2 Å². The third kappa shape index (κ3) is 5.96. The van der Waals surface area contributed by atoms with Gasteiger partial charge in [0.15, 0.2) is 5.70 Å². The third-order valence-corrected chi connectivity index (χ3v) is 4.82. The van der Waals surface area contributed by atoms with Crippen molar-refractivity contribution in [3.05, 3.63) is 58.9 Å². The highest BCUT2D eigenvalue weighted by Gasteiger charge is 2.24. The first-order valence-electron chi connectivity index (χ1n) is 9.73. The molecule has 6 nitrogen and oxygen atoms in total. The molecule has 1 aliphatic heterocycles. The molecule has 3 N–H and O–H groups in total. The van der Waals surface area contributed by atoms with Gasteiger partial charge in [-0.25, -0.2) is 9.79 Å². The Bertz CT molecular complexity index is 738. The number of allylic oxidation sites excluding steroid dienone is 1. The molecule has 0 saturated carbocycles. The molecule has 1 saturated heterocycles. The van der Waals surface area contributed by atoms with Crippen LogP contribution in [0.4, 0.5) is 0 Å². The molecule has 1 aliphatic rings. The van der Waals surface area contributed by atoms with Gasteiger partial charge in [0.2, 0.25) is 0 Å². The van der Waals surface area contributed by atoms with E-state index in [1.807, 2.05) is 0 Å². The maximum Gasteiger partial charge on any atom is 0.357 e. The molecule has 1 heterocycles. The molecular formula is C22H31N3O3. The van der Waals surface area contributed by atoms with Crippen molar-refractivity contribution >= 4 is 12.3 Å². The first-order valence-corrected chi connectivity index (χ1v) is 9.73. The summed E-state index contributed by atoms with van der Waals surface area (Å²) in [6.45, 7) is 10.5. The molecule has 1 aromatic carbocycles. The molecule has 0 spiro atoms. The second-order valence-electron chi connectivity index (χ2n) is 6.92. The molecular weight excluding hydrogens is 354 g/mol. The Hall–Kier alpha value is -2.60. The largest absolute Gasteiger partial charge is 0.461 e. The normalized spacial score (nSPS) is 20.5. The number of aryl methyl sites for hydroxylation is 1. The van der Waals surface area contributed by atoms with E-state index in [4.69, 9.17) is 15.2 Å². The summed E-state index contributed by atoms with van der Waals surface area (Å²) in [6, 6.07) is 8.51. The Kier molecular flexibility index (Phi) is 8.26. The van der Waals surface area contributed by atoms with Crippen LogP contribution in [0.3, 0.4) is 0 Å². The molecule has 1 unspecified atom stereocenters. The average molecular weight is 386 g/mol. The monoisotopic (exact) mass is 385 g/mol. The standard InChI is InChI=1S/C22H31N3O3/c1-5-27-22(26)21(25-14-23)16(3)17(4)24-13-19-7-6-8-20(28-19)18-11-9-15(2)10-12-18/h9-12,14,19-20,24H,4-8,13H2,1-3H3,(H2,23,25)/b21-16-/t19?,20-/m0/s1. The van der Waals surface area contributed by atoms with Gasteiger partial charge in [-0.3, -0.25) is 0 Å². The van der Waals surface area contributed by atoms with Gasteiger partial charge in [0.25, 0.3) is 0 Å². The quantitative estimate of drug-likeness (QED) is 0.235. The van der Waals surface area contributed by atoms with Gasteiger partial charge in [-0.05, 0) is 45.6 Å². The zero-order chi connectivity index (χ0) is 20.5. The SMILES string of the molecule is C=C(NCC1CCC[C@@H](c2ccc(C)cc2)O1)/C(C)=C(\N=C/N)C(=O)OCC. The Morgan fingerprint density at radius 1 is 1.39 bits per heavy atom. The van der Waals surface area contributed by atoms with Gasteiger partial charge in [-0.15, -0.1) is 0 Å². The lowest BCUT2D eigenvalue weighted by Crippen LogP contribution is -2.33. The second kappa shape index (κ2) is 10.7. The molecule has 1 fully saturated rings. The van der Waals surface area contributed by atoms with Crippen LogP contribution in [0.2, 0.25) is 0 Å². The molecule has 0 bridgehead atoms. The number of rotatable bonds is 8. The van der Waals surface area contributed by atoms with Crippen molar-refractivity contribution in [2.24, 2.45) is 10.7 Å². The average Bonchev–Trinajstić information content (AvgIpc) is 2.70. The lowest BCUT2D eigenvalue weighted by molar-refractivity contribution is -0.138. The minimum Gasteiger partial charge on any atom is -0.461 e. The van der Waals surface area contributed by atoms with Crippen LogP contribution < -0.4 is 11.1 Å². The number of nitrogens with two attached hydrogens (primary N) is 1. The van der Waals surface area contributed by atoms with E-state index in [-0.39, 0.29) is 24.5 Å². The number of esters is 1. The van der Waals surface area contributed by atoms with Gasteiger partial charge < -0.3 is 20.5 Å². The summed E-state index contributed by atoms with van der Waals surface area (Å²) in [5.41, 5.74) is 9.19. The predicted molar refractivity (Wildman–Crippen MR) is 112 cm³/mol. The zero-order valence-corrected chi connectivity index (χ0v) is 17.0. The van der Waals surface area contributed by atoms with Crippen molar-refractivity contribution in [3.8, 4) is 0 Å². The lowest BCUT2D eigenvalue weighted by Gasteiger charge is -2.31. The van der Waals surface area contributed by atoms with Crippen LogP contribution in [0.5, 0.6) is 0 Å². The second-order valence-corrected chi connectivity index (χ2v) is 6.92. The molecule has 0 aliphatic carbocycles. The molecule has 28 heavy (non-hydrogen) atoms. The summed E-state index contributed by atoms with van der Waals surface area (Å²) in [6.07, 6.45) is 4.39. The fourth-order valence-electron chi connectivity index (χ4n) is 3.16. The predicted octanol–water partition coefficient (Wildman–Crippen LogP) is 3.53. The van der Waals surface area contributed by atoms with Crippen LogP contribution >= 0.6 is 0 Å². The topological polar surface area (TPSA) is 85.9 Å². The summed E-state index contributed by atoms with van der Waals surface area (Å²) in [5.74, 6) is -0.516. The van der Waals surface area contributed by atoms with Crippen molar-refractivity contribution < 1.29 is 14.3 Å². The van der Waals surface area contributed by atoms with Gasteiger partial charge >= 0.3 is 5.97 Å². The molecule has 2 atom stereocenters. The van der Waals surface area contributed by atoms with Crippen molar-refractivity contribution in [2.45, 2.75) is 52.2 Å². The van der Waals surface area contributed by atoms with Crippen LogP contribution in [-0.4, -0.2) is 31.6 Å². The lowest BCUT2D eigenvalue weighted by atomic mass is 9.97. The van der Waals surface area contributed by atoms with Crippen molar-refractivity contribution in [2.75, 3.05) is 13.2 Å². The van der Waals surface area contributed by atoms with E-state index in [0.717, 1.165) is 25.6 Å². The fourth-order valence-corrected chi connectivity index (χ4v) is 3.16. The van der Waals surface area contributed by atoms with Crippen LogP contribution in [-0.2, 0) is 14.3 Å². The number of carbonyl (C=O) groups is 1. The Morgan fingerprint density at radius 2 is 2.11 bits per heavy atom. The zero-order valence-electron chi connectivity index (χ0n) is 17.0. The minimum atomic E-state index is -0.516. The van der Waals surface area contributed by atoms with Crippen molar-refractivity contribution in [1.29, 1.82) is 0 Å². The molecule has 0 amide bonds. The summed E-state index contributed by atoms with van der Waals surface area (Å²) in [5, 5.41) is 3.27. The first-order chi connectivity index (χ1) is 13.5. The molecule has 1 aromatic rings. The number of nitrogens with zero attached hydrogens (tertiary/aromatic N) is 1. The van der Waals surface area contributed by atoms with E-state index in [0.29, 0.717) is 17.8 Å². The van der Waals surface area contributed by atoms with E-state index in [2.05, 4.69) is 48.1 Å². The molecule has 0 aromatic heterocycles. The van der Waals surface area contributed by atoms with Gasteiger partial charge in [-0.2, -0.15) is 0 Å². The molecule has 6 heteroatoms. The van der Waals surface area contributed by atoms with E-state index in [1.54, 1.807) is 13.8 Å². The maximum absolute atomic E-state index is 12.1. The highest BCUT2D eigenvalue weighted by molar-refractivity contribution is 5.91. The smallest absolute Gasteiger partial charge is 0.357 e. The maximum atomic E-state index is 12.1. The van der Waals surface area contributed by atoms with Gasteiger partial charge in [-0.1, -0.05) is 36.4 Å². The minimum absolute atomic E-state index is 0.0775. The summed E-state index contributed by atoms with van der Waals surface area (Å²) in [4.78, 5) is 16.0. The number of nitrogens with one attached hydrogen (secondary N) is 1.